The highest BCUT2D eigenvalue weighted by Gasteiger charge is 2.05. The molecular weight excluding hydrogens is 194 g/mol. The molecule has 0 radical (unpaired) electrons. The van der Waals surface area contributed by atoms with Crippen LogP contribution in [0.5, 0.6) is 0 Å². The van der Waals surface area contributed by atoms with Crippen molar-refractivity contribution < 1.29 is 4.79 Å². The maximum absolute atomic E-state index is 11.5. The maximum Gasteiger partial charge on any atom is 0.287 e. The number of hydrogen-bond acceptors (Lipinski definition) is 2. The lowest BCUT2D eigenvalue weighted by molar-refractivity contribution is 0.101. The van der Waals surface area contributed by atoms with Crippen molar-refractivity contribution in [2.24, 2.45) is 4.99 Å². The topological polar surface area (TPSA) is 29.4 Å². The SMILES string of the molecule is O=C(N=C1C=CC=CC1)c1cccs1. The van der Waals surface area contributed by atoms with Crippen LogP contribution in [-0.2, 0) is 0 Å². The van der Waals surface area contributed by atoms with Gasteiger partial charge >= 0.3 is 0 Å². The van der Waals surface area contributed by atoms with Crippen molar-refractivity contribution in [2.45, 2.75) is 6.42 Å². The van der Waals surface area contributed by atoms with Crippen LogP contribution < -0.4 is 0 Å². The van der Waals surface area contributed by atoms with Crippen LogP contribution in [0.2, 0.25) is 0 Å². The Balaban J connectivity index is 2.15. The largest absolute Gasteiger partial charge is 0.287 e. The molecule has 1 aromatic rings. The summed E-state index contributed by atoms with van der Waals surface area (Å²) in [5.74, 6) is -0.144. The molecule has 1 heterocycles. The zero-order valence-corrected chi connectivity index (χ0v) is 8.33. The standard InChI is InChI=1S/C11H9NOS/c13-11(10-7-4-8-14-10)12-9-5-2-1-3-6-9/h1-5,7-8H,6H2. The monoisotopic (exact) mass is 203 g/mol. The maximum atomic E-state index is 11.5. The van der Waals surface area contributed by atoms with Gasteiger partial charge in [-0.3, -0.25) is 4.79 Å². The lowest BCUT2D eigenvalue weighted by atomic mass is 10.1. The smallest absolute Gasteiger partial charge is 0.266 e. The number of hydrogen-bond donors (Lipinski definition) is 0. The van der Waals surface area contributed by atoms with Crippen LogP contribution in [-0.4, -0.2) is 11.6 Å². The van der Waals surface area contributed by atoms with Crippen LogP contribution in [0.1, 0.15) is 16.1 Å². The minimum atomic E-state index is -0.144. The molecule has 0 aliphatic heterocycles. The highest BCUT2D eigenvalue weighted by atomic mass is 32.1. The summed E-state index contributed by atoms with van der Waals surface area (Å²) in [7, 11) is 0. The van der Waals surface area contributed by atoms with E-state index in [0.717, 1.165) is 12.1 Å². The van der Waals surface area contributed by atoms with Gasteiger partial charge in [-0.15, -0.1) is 11.3 Å². The van der Waals surface area contributed by atoms with Gasteiger partial charge in [0.2, 0.25) is 0 Å². The Morgan fingerprint density at radius 3 is 3.00 bits per heavy atom. The van der Waals surface area contributed by atoms with Crippen LogP contribution in [0, 0.1) is 0 Å². The Kier molecular flexibility index (Phi) is 2.70. The lowest BCUT2D eigenvalue weighted by Crippen LogP contribution is -2.00. The van der Waals surface area contributed by atoms with Gasteiger partial charge in [0.1, 0.15) is 0 Å². The zero-order chi connectivity index (χ0) is 9.80. The van der Waals surface area contributed by atoms with Gasteiger partial charge in [0.05, 0.1) is 4.88 Å². The molecule has 0 atom stereocenters. The van der Waals surface area contributed by atoms with Crippen LogP contribution in [0.15, 0.2) is 46.8 Å². The summed E-state index contributed by atoms with van der Waals surface area (Å²) in [6.45, 7) is 0. The van der Waals surface area contributed by atoms with Gasteiger partial charge in [-0.25, -0.2) is 4.99 Å². The van der Waals surface area contributed by atoms with E-state index in [9.17, 15) is 4.79 Å². The summed E-state index contributed by atoms with van der Waals surface area (Å²) in [5.41, 5.74) is 0.825. The second-order valence-electron chi connectivity index (χ2n) is 2.88. The first kappa shape index (κ1) is 9.09. The quantitative estimate of drug-likeness (QED) is 0.690. The molecule has 0 fully saturated rings. The van der Waals surface area contributed by atoms with E-state index in [2.05, 4.69) is 4.99 Å². The Labute approximate surface area is 86.3 Å². The highest BCUT2D eigenvalue weighted by Crippen LogP contribution is 2.11. The van der Waals surface area contributed by atoms with Crippen LogP contribution >= 0.6 is 11.3 Å². The first-order valence-electron chi connectivity index (χ1n) is 4.35. The van der Waals surface area contributed by atoms with Crippen molar-refractivity contribution in [1.82, 2.24) is 0 Å². The lowest BCUT2D eigenvalue weighted by Gasteiger charge is -1.98. The molecule has 0 unspecified atom stereocenters. The summed E-state index contributed by atoms with van der Waals surface area (Å²) in [6.07, 6.45) is 8.44. The number of allylic oxidation sites excluding steroid dienone is 4. The highest BCUT2D eigenvalue weighted by molar-refractivity contribution is 7.12. The van der Waals surface area contributed by atoms with E-state index in [0.29, 0.717) is 4.88 Å². The molecule has 1 aliphatic rings. The van der Waals surface area contributed by atoms with Gasteiger partial charge in [0.15, 0.2) is 0 Å². The predicted octanol–water partition coefficient (Wildman–Crippen LogP) is 2.85. The third-order valence-electron chi connectivity index (χ3n) is 1.84. The van der Waals surface area contributed by atoms with Gasteiger partial charge in [0.25, 0.3) is 5.91 Å². The van der Waals surface area contributed by atoms with Gasteiger partial charge in [-0.1, -0.05) is 24.3 Å². The van der Waals surface area contributed by atoms with E-state index in [1.807, 2.05) is 35.8 Å². The number of carbonyl (C=O) groups is 1. The van der Waals surface area contributed by atoms with E-state index >= 15 is 0 Å². The molecule has 0 N–H and O–H groups in total. The van der Waals surface area contributed by atoms with Crippen molar-refractivity contribution in [2.75, 3.05) is 0 Å². The first-order valence-corrected chi connectivity index (χ1v) is 5.23. The molecule has 70 valence electrons. The molecule has 0 spiro atoms. The Bertz CT molecular complexity index is 413. The van der Waals surface area contributed by atoms with Crippen LogP contribution in [0.4, 0.5) is 0 Å². The van der Waals surface area contributed by atoms with E-state index in [1.165, 1.54) is 11.3 Å². The van der Waals surface area contributed by atoms with E-state index in [1.54, 1.807) is 6.07 Å². The van der Waals surface area contributed by atoms with Gasteiger partial charge in [-0.2, -0.15) is 0 Å². The molecule has 0 saturated heterocycles. The van der Waals surface area contributed by atoms with Gasteiger partial charge in [0, 0.05) is 12.1 Å². The Morgan fingerprint density at radius 1 is 1.43 bits per heavy atom. The minimum absolute atomic E-state index is 0.144. The number of amides is 1. The van der Waals surface area contributed by atoms with E-state index < -0.39 is 0 Å². The zero-order valence-electron chi connectivity index (χ0n) is 7.51. The Morgan fingerprint density at radius 2 is 2.36 bits per heavy atom. The normalized spacial score (nSPS) is 17.6. The van der Waals surface area contributed by atoms with E-state index in [-0.39, 0.29) is 5.91 Å². The molecule has 3 heteroatoms. The number of nitrogens with zero attached hydrogens (tertiary/aromatic N) is 1. The third-order valence-corrected chi connectivity index (χ3v) is 2.70. The number of carbonyl (C=O) groups excluding carboxylic acids is 1. The summed E-state index contributed by atoms with van der Waals surface area (Å²) in [4.78, 5) is 16.3. The fourth-order valence-electron chi connectivity index (χ4n) is 1.17. The molecule has 1 amide bonds. The average molecular weight is 203 g/mol. The number of thiophene rings is 1. The number of rotatable bonds is 1. The van der Waals surface area contributed by atoms with Crippen LogP contribution in [0.25, 0.3) is 0 Å². The van der Waals surface area contributed by atoms with Gasteiger partial charge < -0.3 is 0 Å². The summed E-state index contributed by atoms with van der Waals surface area (Å²) in [5, 5.41) is 1.88. The Hall–Kier alpha value is -1.48. The third kappa shape index (κ3) is 2.06. The summed E-state index contributed by atoms with van der Waals surface area (Å²) in [6, 6.07) is 3.65. The number of aliphatic imine (C=N–C) groups is 1. The van der Waals surface area contributed by atoms with Crippen molar-refractivity contribution in [3.63, 3.8) is 0 Å². The minimum Gasteiger partial charge on any atom is -0.266 e. The van der Waals surface area contributed by atoms with Crippen LogP contribution in [0.3, 0.4) is 0 Å². The molecule has 1 aromatic heterocycles. The average Bonchev–Trinajstić information content (AvgIpc) is 2.72. The second kappa shape index (κ2) is 4.15. The molecule has 0 aromatic carbocycles. The second-order valence-corrected chi connectivity index (χ2v) is 3.82. The van der Waals surface area contributed by atoms with Crippen molar-refractivity contribution >= 4 is 23.0 Å². The van der Waals surface area contributed by atoms with Gasteiger partial charge in [-0.05, 0) is 17.5 Å². The molecular formula is C11H9NOS. The molecule has 2 nitrogen and oxygen atoms in total. The van der Waals surface area contributed by atoms with Crippen molar-refractivity contribution in [1.29, 1.82) is 0 Å². The first-order chi connectivity index (χ1) is 6.86. The molecule has 1 aliphatic carbocycles. The predicted molar refractivity (Wildman–Crippen MR) is 59.0 cm³/mol. The summed E-state index contributed by atoms with van der Waals surface area (Å²) >= 11 is 1.42. The molecule has 2 rings (SSSR count). The fourth-order valence-corrected chi connectivity index (χ4v) is 1.78. The molecule has 0 bridgehead atoms. The summed E-state index contributed by atoms with van der Waals surface area (Å²) < 4.78 is 0. The van der Waals surface area contributed by atoms with E-state index in [4.69, 9.17) is 0 Å². The fraction of sp³-hybridized carbons (Fsp3) is 0.0909. The van der Waals surface area contributed by atoms with Crippen molar-refractivity contribution in [3.05, 3.63) is 46.7 Å². The molecule has 0 saturated carbocycles. The van der Waals surface area contributed by atoms with Crippen molar-refractivity contribution in [3.8, 4) is 0 Å². The molecule has 14 heavy (non-hydrogen) atoms.